The third-order valence-corrected chi connectivity index (χ3v) is 2.07. The van der Waals surface area contributed by atoms with Crippen molar-refractivity contribution in [3.05, 3.63) is 23.4 Å². The van der Waals surface area contributed by atoms with Crippen molar-refractivity contribution in [1.82, 2.24) is 0 Å². The van der Waals surface area contributed by atoms with Gasteiger partial charge in [-0.05, 0) is 31.8 Å². The van der Waals surface area contributed by atoms with E-state index in [-0.39, 0.29) is 0 Å². The van der Waals surface area contributed by atoms with Crippen molar-refractivity contribution in [2.75, 3.05) is 0 Å². The van der Waals surface area contributed by atoms with Gasteiger partial charge in [0.25, 0.3) is 0 Å². The van der Waals surface area contributed by atoms with Gasteiger partial charge in [-0.2, -0.15) is 0 Å². The van der Waals surface area contributed by atoms with Crippen molar-refractivity contribution in [1.29, 1.82) is 0 Å². The van der Waals surface area contributed by atoms with Crippen LogP contribution >= 0.6 is 0 Å². The quantitative estimate of drug-likeness (QED) is 0.481. The van der Waals surface area contributed by atoms with Crippen LogP contribution in [0.1, 0.15) is 26.2 Å². The van der Waals surface area contributed by atoms with Gasteiger partial charge in [0.05, 0.1) is 5.70 Å². The molecule has 0 unspecified atom stereocenters. The highest BCUT2D eigenvalue weighted by atomic mass is 14.8. The molecule has 0 spiro atoms. The van der Waals surface area contributed by atoms with Crippen LogP contribution in [0.4, 0.5) is 0 Å². The summed E-state index contributed by atoms with van der Waals surface area (Å²) in [5.41, 5.74) is 3.99. The highest BCUT2D eigenvalue weighted by Crippen LogP contribution is 2.28. The lowest BCUT2D eigenvalue weighted by Gasteiger charge is -2.11. The Morgan fingerprint density at radius 3 is 3.10 bits per heavy atom. The Labute approximate surface area is 61.2 Å². The van der Waals surface area contributed by atoms with E-state index in [1.54, 1.807) is 0 Å². The molecule has 0 aromatic rings. The maximum atomic E-state index is 4.45. The number of rotatable bonds is 0. The van der Waals surface area contributed by atoms with Crippen LogP contribution in [-0.2, 0) is 0 Å². The Balaban J connectivity index is 2.37. The molecule has 52 valence electrons. The summed E-state index contributed by atoms with van der Waals surface area (Å²) in [6, 6.07) is 0. The standard InChI is InChI=1S/C9H11N/c1-7-5-6-8-3-2-4-9(8)10-7/h3-4H,2,5-6H2,1H3. The first-order chi connectivity index (χ1) is 4.86. The second-order valence-corrected chi connectivity index (χ2v) is 2.90. The smallest absolute Gasteiger partial charge is 0.0621 e. The summed E-state index contributed by atoms with van der Waals surface area (Å²) in [7, 11) is 0. The predicted molar refractivity (Wildman–Crippen MR) is 43.1 cm³/mol. The molecule has 1 nitrogen and oxygen atoms in total. The minimum atomic E-state index is 1.10. The van der Waals surface area contributed by atoms with Crippen LogP contribution in [0.15, 0.2) is 28.4 Å². The molecule has 1 aliphatic heterocycles. The van der Waals surface area contributed by atoms with Crippen molar-refractivity contribution in [2.24, 2.45) is 4.99 Å². The van der Waals surface area contributed by atoms with Gasteiger partial charge in [0.1, 0.15) is 0 Å². The van der Waals surface area contributed by atoms with Crippen LogP contribution in [0.2, 0.25) is 0 Å². The summed E-state index contributed by atoms with van der Waals surface area (Å²) in [4.78, 5) is 4.45. The minimum Gasteiger partial charge on any atom is -0.258 e. The van der Waals surface area contributed by atoms with Crippen molar-refractivity contribution >= 4 is 5.71 Å². The van der Waals surface area contributed by atoms with E-state index in [0.717, 1.165) is 12.8 Å². The number of nitrogens with zero attached hydrogens (tertiary/aromatic N) is 1. The SMILES string of the molecule is CC1=NC2=CCC=C2CC1. The van der Waals surface area contributed by atoms with Gasteiger partial charge in [-0.1, -0.05) is 12.2 Å². The largest absolute Gasteiger partial charge is 0.258 e. The fourth-order valence-corrected chi connectivity index (χ4v) is 1.47. The van der Waals surface area contributed by atoms with Crippen molar-refractivity contribution in [2.45, 2.75) is 26.2 Å². The lowest BCUT2D eigenvalue weighted by molar-refractivity contribution is 0.971. The normalized spacial score (nSPS) is 23.1. The molecule has 1 aliphatic carbocycles. The van der Waals surface area contributed by atoms with Crippen molar-refractivity contribution < 1.29 is 0 Å². The van der Waals surface area contributed by atoms with Gasteiger partial charge in [0.15, 0.2) is 0 Å². The van der Waals surface area contributed by atoms with Gasteiger partial charge >= 0.3 is 0 Å². The van der Waals surface area contributed by atoms with Gasteiger partial charge in [-0.25, -0.2) is 0 Å². The highest BCUT2D eigenvalue weighted by Gasteiger charge is 2.13. The molecule has 0 aromatic heterocycles. The zero-order chi connectivity index (χ0) is 6.97. The Morgan fingerprint density at radius 2 is 2.20 bits per heavy atom. The number of allylic oxidation sites excluding steroid dienone is 3. The van der Waals surface area contributed by atoms with Crippen LogP contribution in [0.3, 0.4) is 0 Å². The molecular formula is C9H11N. The molecule has 2 aliphatic rings. The minimum absolute atomic E-state index is 1.10. The summed E-state index contributed by atoms with van der Waals surface area (Å²) in [6.45, 7) is 2.11. The van der Waals surface area contributed by atoms with Gasteiger partial charge < -0.3 is 0 Å². The van der Waals surface area contributed by atoms with Gasteiger partial charge in [-0.15, -0.1) is 0 Å². The third-order valence-electron chi connectivity index (χ3n) is 2.07. The molecule has 1 heterocycles. The summed E-state index contributed by atoms with van der Waals surface area (Å²) >= 11 is 0. The van der Waals surface area contributed by atoms with E-state index in [2.05, 4.69) is 24.1 Å². The first-order valence-electron chi connectivity index (χ1n) is 3.80. The Hall–Kier alpha value is -0.850. The van der Waals surface area contributed by atoms with Crippen LogP contribution in [0.25, 0.3) is 0 Å². The number of fused-ring (bicyclic) bond motifs is 1. The van der Waals surface area contributed by atoms with E-state index in [9.17, 15) is 0 Å². The summed E-state index contributed by atoms with van der Waals surface area (Å²) in [5.74, 6) is 0. The molecule has 0 aromatic carbocycles. The monoisotopic (exact) mass is 133 g/mol. The van der Waals surface area contributed by atoms with E-state index in [0.29, 0.717) is 0 Å². The second-order valence-electron chi connectivity index (χ2n) is 2.90. The van der Waals surface area contributed by atoms with E-state index in [1.165, 1.54) is 23.4 Å². The first-order valence-corrected chi connectivity index (χ1v) is 3.80. The van der Waals surface area contributed by atoms with Crippen LogP contribution in [0, 0.1) is 0 Å². The predicted octanol–water partition coefficient (Wildman–Crippen LogP) is 2.46. The van der Waals surface area contributed by atoms with Crippen LogP contribution in [-0.4, -0.2) is 5.71 Å². The van der Waals surface area contributed by atoms with E-state index in [1.807, 2.05) is 0 Å². The lowest BCUT2D eigenvalue weighted by Crippen LogP contribution is -2.01. The molecule has 0 radical (unpaired) electrons. The molecule has 0 bridgehead atoms. The average molecular weight is 133 g/mol. The zero-order valence-corrected chi connectivity index (χ0v) is 6.22. The Morgan fingerprint density at radius 1 is 1.30 bits per heavy atom. The first kappa shape index (κ1) is 5.90. The molecule has 0 amide bonds. The molecule has 0 fully saturated rings. The number of aliphatic imine (C=N–C) groups is 1. The van der Waals surface area contributed by atoms with Crippen LogP contribution in [0.5, 0.6) is 0 Å². The molecular weight excluding hydrogens is 122 g/mol. The summed E-state index contributed by atoms with van der Waals surface area (Å²) < 4.78 is 0. The van der Waals surface area contributed by atoms with Gasteiger partial charge in [-0.3, -0.25) is 4.99 Å². The average Bonchev–Trinajstić information content (AvgIpc) is 2.33. The molecule has 0 atom stereocenters. The topological polar surface area (TPSA) is 12.4 Å². The molecule has 10 heavy (non-hydrogen) atoms. The highest BCUT2D eigenvalue weighted by molar-refractivity contribution is 5.85. The van der Waals surface area contributed by atoms with Gasteiger partial charge in [0.2, 0.25) is 0 Å². The Kier molecular flexibility index (Phi) is 1.23. The second kappa shape index (κ2) is 2.08. The third kappa shape index (κ3) is 0.821. The van der Waals surface area contributed by atoms with E-state index < -0.39 is 0 Å². The molecule has 0 saturated carbocycles. The fourth-order valence-electron chi connectivity index (χ4n) is 1.47. The molecule has 2 rings (SSSR count). The van der Waals surface area contributed by atoms with Crippen molar-refractivity contribution in [3.63, 3.8) is 0 Å². The lowest BCUT2D eigenvalue weighted by atomic mass is 10.0. The van der Waals surface area contributed by atoms with Gasteiger partial charge in [0, 0.05) is 5.71 Å². The zero-order valence-electron chi connectivity index (χ0n) is 6.22. The number of hydrogen-bond acceptors (Lipinski definition) is 1. The number of hydrogen-bond donors (Lipinski definition) is 0. The summed E-state index contributed by atoms with van der Waals surface area (Å²) in [5, 5.41) is 0. The van der Waals surface area contributed by atoms with E-state index >= 15 is 0 Å². The van der Waals surface area contributed by atoms with E-state index in [4.69, 9.17) is 0 Å². The fraction of sp³-hybridized carbons (Fsp3) is 0.444. The molecule has 1 heteroatoms. The summed E-state index contributed by atoms with van der Waals surface area (Å²) in [6.07, 6.45) is 7.95. The maximum absolute atomic E-state index is 4.45. The molecule has 0 N–H and O–H groups in total. The molecule has 0 saturated heterocycles. The van der Waals surface area contributed by atoms with Crippen LogP contribution < -0.4 is 0 Å². The maximum Gasteiger partial charge on any atom is 0.0621 e. The van der Waals surface area contributed by atoms with Crippen molar-refractivity contribution in [3.8, 4) is 0 Å². The Bertz CT molecular complexity index is 243.